The lowest BCUT2D eigenvalue weighted by molar-refractivity contribution is 0.107. The number of benzene rings is 3. The van der Waals surface area contributed by atoms with Gasteiger partial charge >= 0.3 is 6.03 Å². The van der Waals surface area contributed by atoms with Crippen LogP contribution in [0.1, 0.15) is 16.7 Å². The number of hydrogen-bond donors (Lipinski definition) is 2. The van der Waals surface area contributed by atoms with Gasteiger partial charge in [0.15, 0.2) is 0 Å². The minimum Gasteiger partial charge on any atom is -0.497 e. The minimum atomic E-state index is -0.284. The summed E-state index contributed by atoms with van der Waals surface area (Å²) in [6.45, 7) is 1.39. The van der Waals surface area contributed by atoms with E-state index in [1.807, 2.05) is 48.5 Å². The van der Waals surface area contributed by atoms with Gasteiger partial charge in [-0.2, -0.15) is 0 Å². The lowest BCUT2D eigenvalue weighted by atomic mass is 10.1. The number of rotatable bonds is 9. The fourth-order valence-electron chi connectivity index (χ4n) is 2.89. The van der Waals surface area contributed by atoms with Crippen molar-refractivity contribution in [2.45, 2.75) is 19.6 Å². The van der Waals surface area contributed by atoms with Gasteiger partial charge in [0.1, 0.15) is 11.6 Å². The van der Waals surface area contributed by atoms with Crippen LogP contribution in [0.15, 0.2) is 72.8 Å². The maximum Gasteiger partial charge on any atom is 0.319 e. The van der Waals surface area contributed by atoms with Crippen molar-refractivity contribution < 1.29 is 18.7 Å². The van der Waals surface area contributed by atoms with Crippen LogP contribution in [0.3, 0.4) is 0 Å². The van der Waals surface area contributed by atoms with Crippen LogP contribution in [-0.4, -0.2) is 19.7 Å². The minimum absolute atomic E-state index is 0.266. The zero-order valence-corrected chi connectivity index (χ0v) is 16.9. The van der Waals surface area contributed by atoms with E-state index in [-0.39, 0.29) is 11.8 Å². The molecule has 0 aliphatic heterocycles. The molecule has 3 aromatic carbocycles. The van der Waals surface area contributed by atoms with Gasteiger partial charge in [-0.1, -0.05) is 36.4 Å². The van der Waals surface area contributed by atoms with Gasteiger partial charge < -0.3 is 20.1 Å². The number of nitrogens with one attached hydrogen (secondary N) is 2. The molecule has 0 saturated carbocycles. The van der Waals surface area contributed by atoms with Gasteiger partial charge in [0, 0.05) is 12.2 Å². The topological polar surface area (TPSA) is 59.6 Å². The van der Waals surface area contributed by atoms with Crippen molar-refractivity contribution in [1.82, 2.24) is 5.32 Å². The highest BCUT2D eigenvalue weighted by Crippen LogP contribution is 2.15. The molecule has 0 aliphatic rings. The standard InChI is InChI=1S/C24H25FN2O3/c1-29-23-11-7-19(8-12-23)16-30-17-20-3-2-4-22(15-20)27-24(28)26-14-13-18-5-9-21(25)10-6-18/h2-12,15H,13-14,16-17H2,1H3,(H2,26,27,28). The first-order valence-corrected chi connectivity index (χ1v) is 9.71. The Hall–Kier alpha value is -3.38. The molecule has 0 unspecified atom stereocenters. The molecule has 2 amide bonds. The lowest BCUT2D eigenvalue weighted by Crippen LogP contribution is -2.30. The molecule has 156 valence electrons. The van der Waals surface area contributed by atoms with Crippen molar-refractivity contribution in [1.29, 1.82) is 0 Å². The maximum absolute atomic E-state index is 12.9. The molecule has 0 aromatic heterocycles. The summed E-state index contributed by atoms with van der Waals surface area (Å²) in [5, 5.41) is 5.62. The Balaban J connectivity index is 1.41. The van der Waals surface area contributed by atoms with E-state index in [1.165, 1.54) is 12.1 Å². The third-order valence-electron chi connectivity index (χ3n) is 4.49. The molecule has 2 N–H and O–H groups in total. The summed E-state index contributed by atoms with van der Waals surface area (Å²) in [7, 11) is 1.64. The number of halogens is 1. The van der Waals surface area contributed by atoms with E-state index in [1.54, 1.807) is 19.2 Å². The maximum atomic E-state index is 12.9. The molecule has 3 aromatic rings. The van der Waals surface area contributed by atoms with Crippen LogP contribution in [0, 0.1) is 5.82 Å². The number of methoxy groups -OCH3 is 1. The Morgan fingerprint density at radius 2 is 1.60 bits per heavy atom. The van der Waals surface area contributed by atoms with Crippen LogP contribution < -0.4 is 15.4 Å². The van der Waals surface area contributed by atoms with E-state index in [0.717, 1.165) is 22.4 Å². The highest BCUT2D eigenvalue weighted by Gasteiger charge is 2.03. The van der Waals surface area contributed by atoms with Crippen LogP contribution in [0.5, 0.6) is 5.75 Å². The van der Waals surface area contributed by atoms with Gasteiger partial charge in [-0.05, 0) is 59.5 Å². The summed E-state index contributed by atoms with van der Waals surface area (Å²) < 4.78 is 23.8. The third kappa shape index (κ3) is 6.90. The number of ether oxygens (including phenoxy) is 2. The smallest absolute Gasteiger partial charge is 0.319 e. The molecule has 0 radical (unpaired) electrons. The van der Waals surface area contributed by atoms with E-state index in [2.05, 4.69) is 10.6 Å². The molecule has 0 fully saturated rings. The van der Waals surface area contributed by atoms with Crippen molar-refractivity contribution >= 4 is 11.7 Å². The molecule has 0 atom stereocenters. The predicted octanol–water partition coefficient (Wildman–Crippen LogP) is 4.92. The largest absolute Gasteiger partial charge is 0.497 e. The van der Waals surface area contributed by atoms with Crippen LogP contribution in [0.4, 0.5) is 14.9 Å². The molecule has 0 saturated heterocycles. The molecule has 0 heterocycles. The zero-order valence-electron chi connectivity index (χ0n) is 16.9. The summed E-state index contributed by atoms with van der Waals surface area (Å²) in [5.41, 5.74) is 3.69. The second-order valence-corrected chi connectivity index (χ2v) is 6.80. The van der Waals surface area contributed by atoms with Crippen molar-refractivity contribution in [3.8, 4) is 5.75 Å². The predicted molar refractivity (Wildman–Crippen MR) is 115 cm³/mol. The first kappa shape index (κ1) is 21.3. The summed E-state index contributed by atoms with van der Waals surface area (Å²) >= 11 is 0. The van der Waals surface area contributed by atoms with Crippen molar-refractivity contribution in [3.63, 3.8) is 0 Å². The van der Waals surface area contributed by atoms with E-state index in [4.69, 9.17) is 9.47 Å². The molecule has 0 bridgehead atoms. The molecule has 6 heteroatoms. The number of amides is 2. The second-order valence-electron chi connectivity index (χ2n) is 6.80. The fourth-order valence-corrected chi connectivity index (χ4v) is 2.89. The normalized spacial score (nSPS) is 10.5. The van der Waals surface area contributed by atoms with E-state index >= 15 is 0 Å². The summed E-state index contributed by atoms with van der Waals surface area (Å²) in [6, 6.07) is 21.2. The van der Waals surface area contributed by atoms with E-state index in [9.17, 15) is 9.18 Å². The van der Waals surface area contributed by atoms with Crippen LogP contribution >= 0.6 is 0 Å². The Morgan fingerprint density at radius 1 is 0.900 bits per heavy atom. The fraction of sp³-hybridized carbons (Fsp3) is 0.208. The molecule has 0 spiro atoms. The second kappa shape index (κ2) is 11.0. The number of carbonyl (C=O) groups excluding carboxylic acids is 1. The Labute approximate surface area is 175 Å². The van der Waals surface area contributed by atoms with Gasteiger partial charge in [0.2, 0.25) is 0 Å². The molecular formula is C24H25FN2O3. The van der Waals surface area contributed by atoms with Gasteiger partial charge in [-0.15, -0.1) is 0 Å². The number of urea groups is 1. The summed E-state index contributed by atoms with van der Waals surface area (Å²) in [4.78, 5) is 12.1. The highest BCUT2D eigenvalue weighted by atomic mass is 19.1. The zero-order chi connectivity index (χ0) is 21.2. The van der Waals surface area contributed by atoms with Crippen molar-refractivity contribution in [2.75, 3.05) is 19.0 Å². The van der Waals surface area contributed by atoms with Gasteiger partial charge in [-0.25, -0.2) is 9.18 Å². The molecule has 5 nitrogen and oxygen atoms in total. The number of anilines is 1. The number of carbonyl (C=O) groups is 1. The lowest BCUT2D eigenvalue weighted by Gasteiger charge is -2.10. The summed E-state index contributed by atoms with van der Waals surface area (Å²) in [5.74, 6) is 0.547. The molecule has 30 heavy (non-hydrogen) atoms. The van der Waals surface area contributed by atoms with Crippen LogP contribution in [-0.2, 0) is 24.4 Å². The van der Waals surface area contributed by atoms with Crippen molar-refractivity contribution in [3.05, 3.63) is 95.3 Å². The van der Waals surface area contributed by atoms with Gasteiger partial charge in [-0.3, -0.25) is 0 Å². The SMILES string of the molecule is COc1ccc(COCc2cccc(NC(=O)NCCc3ccc(F)cc3)c2)cc1. The first-order chi connectivity index (χ1) is 14.6. The Bertz CT molecular complexity index is 943. The molecular weight excluding hydrogens is 383 g/mol. The third-order valence-corrected chi connectivity index (χ3v) is 4.49. The molecule has 3 rings (SSSR count). The Morgan fingerprint density at radius 3 is 2.33 bits per heavy atom. The van der Waals surface area contributed by atoms with E-state index in [0.29, 0.717) is 31.9 Å². The summed E-state index contributed by atoms with van der Waals surface area (Å²) in [6.07, 6.45) is 0.632. The van der Waals surface area contributed by atoms with Gasteiger partial charge in [0.25, 0.3) is 0 Å². The number of hydrogen-bond acceptors (Lipinski definition) is 3. The average Bonchev–Trinajstić information content (AvgIpc) is 2.76. The average molecular weight is 408 g/mol. The monoisotopic (exact) mass is 408 g/mol. The van der Waals surface area contributed by atoms with E-state index < -0.39 is 0 Å². The quantitative estimate of drug-likeness (QED) is 0.529. The highest BCUT2D eigenvalue weighted by molar-refractivity contribution is 5.89. The first-order valence-electron chi connectivity index (χ1n) is 9.71. The van der Waals surface area contributed by atoms with Crippen LogP contribution in [0.2, 0.25) is 0 Å². The van der Waals surface area contributed by atoms with Gasteiger partial charge in [0.05, 0.1) is 20.3 Å². The Kier molecular flexibility index (Phi) is 7.80. The van der Waals surface area contributed by atoms with Crippen LogP contribution in [0.25, 0.3) is 0 Å². The van der Waals surface area contributed by atoms with Crippen molar-refractivity contribution in [2.24, 2.45) is 0 Å². The molecule has 0 aliphatic carbocycles.